The minimum absolute atomic E-state index is 0.0833. The van der Waals surface area contributed by atoms with Crippen LogP contribution in [0.3, 0.4) is 0 Å². The first-order valence-corrected chi connectivity index (χ1v) is 35.6. The van der Waals surface area contributed by atoms with Gasteiger partial charge in [-0.2, -0.15) is 0 Å². The van der Waals surface area contributed by atoms with Gasteiger partial charge in [-0.25, -0.2) is 0 Å². The molecule has 0 aliphatic carbocycles. The first-order chi connectivity index (χ1) is 43.6. The summed E-state index contributed by atoms with van der Waals surface area (Å²) in [6.07, 6.45) is 121. The predicted octanol–water partition coefficient (Wildman–Crippen LogP) is 25.3. The first-order valence-electron chi connectivity index (χ1n) is 35.6. The van der Waals surface area contributed by atoms with Gasteiger partial charge in [0.2, 0.25) is 0 Å². The van der Waals surface area contributed by atoms with E-state index >= 15 is 0 Å². The maximum Gasteiger partial charge on any atom is 0.306 e. The zero-order valence-corrected chi connectivity index (χ0v) is 56.4. The summed E-state index contributed by atoms with van der Waals surface area (Å²) in [5.74, 6) is -0.616. The third kappa shape index (κ3) is 73.0. The molecule has 0 spiro atoms. The van der Waals surface area contributed by atoms with Crippen LogP contribution in [0.15, 0.2) is 207 Å². The summed E-state index contributed by atoms with van der Waals surface area (Å²) >= 11 is 0. The van der Waals surface area contributed by atoms with E-state index in [1.807, 2.05) is 0 Å². The standard InChI is InChI=1S/C83H130O5/c1-3-5-7-9-11-13-15-17-19-21-23-25-27-29-31-33-35-37-39-41-43-45-47-49-51-53-55-57-59-61-63-65-67-69-71-73-75-77-82(85)87-80-81(79-84)88-83(86)78-76-74-72-70-68-66-64-62-60-58-56-54-52-50-48-46-44-42-40-38-36-34-32-30-28-26-24-22-20-18-16-14-12-10-8-6-4-2/h5-8,11-14,17-20,23-26,29-32,35-38,41-44,48,50,54,56,60,62,81,84H,3-4,9-10,15-16,21-22,27-28,33-34,39-40,45-47,49,51-53,55,57-59,61,63-80H2,1-2H3/b7-5-,8-6-,13-11-,14-12-,19-17-,20-18-,25-23-,26-24-,31-29-,32-30-,37-35-,38-36-,43-41-,44-42-,50-48-,56-54-,62-60-. The molecular weight excluding hydrogens is 1080 g/mol. The number of carbonyl (C=O) groups is 2. The van der Waals surface area contributed by atoms with Crippen LogP contribution in [-0.2, 0) is 19.1 Å². The smallest absolute Gasteiger partial charge is 0.306 e. The van der Waals surface area contributed by atoms with Crippen LogP contribution in [-0.4, -0.2) is 36.4 Å². The Kier molecular flexibility index (Phi) is 71.0. The van der Waals surface area contributed by atoms with Crippen molar-refractivity contribution in [3.05, 3.63) is 207 Å². The van der Waals surface area contributed by atoms with Crippen molar-refractivity contribution >= 4 is 11.9 Å². The highest BCUT2D eigenvalue weighted by Crippen LogP contribution is 2.16. The maximum absolute atomic E-state index is 12.4. The topological polar surface area (TPSA) is 72.8 Å². The summed E-state index contributed by atoms with van der Waals surface area (Å²) in [5.41, 5.74) is 0. The lowest BCUT2D eigenvalue weighted by molar-refractivity contribution is -0.161. The molecule has 492 valence electrons. The highest BCUT2D eigenvalue weighted by atomic mass is 16.6. The van der Waals surface area contributed by atoms with Crippen LogP contribution in [0.1, 0.15) is 284 Å². The molecule has 88 heavy (non-hydrogen) atoms. The Balaban J connectivity index is 3.59. The number of esters is 2. The van der Waals surface area contributed by atoms with Crippen LogP contribution < -0.4 is 0 Å². The first kappa shape index (κ1) is 82.5. The van der Waals surface area contributed by atoms with E-state index in [2.05, 4.69) is 220 Å². The summed E-state index contributed by atoms with van der Waals surface area (Å²) in [5, 5.41) is 9.71. The molecule has 1 N–H and O–H groups in total. The number of hydrogen-bond acceptors (Lipinski definition) is 5. The maximum atomic E-state index is 12.4. The summed E-state index contributed by atoms with van der Waals surface area (Å²) in [4.78, 5) is 24.7. The average Bonchev–Trinajstić information content (AvgIpc) is 3.55. The van der Waals surface area contributed by atoms with E-state index in [4.69, 9.17) is 9.47 Å². The third-order valence-corrected chi connectivity index (χ3v) is 14.6. The van der Waals surface area contributed by atoms with Gasteiger partial charge < -0.3 is 14.6 Å². The number of ether oxygens (including phenoxy) is 2. The van der Waals surface area contributed by atoms with Gasteiger partial charge in [-0.3, -0.25) is 9.59 Å². The molecule has 5 nitrogen and oxygen atoms in total. The van der Waals surface area contributed by atoms with Crippen molar-refractivity contribution in [3.8, 4) is 0 Å². The Labute approximate surface area is 542 Å². The normalized spacial score (nSPS) is 13.5. The zero-order chi connectivity index (χ0) is 63.3. The lowest BCUT2D eigenvalue weighted by Crippen LogP contribution is -2.28. The van der Waals surface area contributed by atoms with Gasteiger partial charge in [0.1, 0.15) is 6.61 Å². The zero-order valence-electron chi connectivity index (χ0n) is 56.4. The Bertz CT molecular complexity index is 2050. The SMILES string of the molecule is CC/C=C\C/C=C\C/C=C\C/C=C\C/C=C\C/C=C\C/C=C\C/C=C\C/C=C\C/C=C\CCCCCCCCC(=O)OC(CO)COC(=O)CCCCCCCCCCCCCCCCC/C=C\C/C=C\C/C=C\C/C=C\C/C=C\C/C=C\C/C=C\CC. The summed E-state index contributed by atoms with van der Waals surface area (Å²) in [6.45, 7) is 3.90. The molecule has 0 aliphatic heterocycles. The molecule has 5 heteroatoms. The monoisotopic (exact) mass is 1210 g/mol. The van der Waals surface area contributed by atoms with Gasteiger partial charge >= 0.3 is 11.9 Å². The van der Waals surface area contributed by atoms with Gasteiger partial charge in [-0.15, -0.1) is 0 Å². The minimum Gasteiger partial charge on any atom is -0.462 e. The third-order valence-electron chi connectivity index (χ3n) is 14.6. The molecule has 0 amide bonds. The van der Waals surface area contributed by atoms with Crippen LogP contribution in [0.4, 0.5) is 0 Å². The van der Waals surface area contributed by atoms with Crippen molar-refractivity contribution < 1.29 is 24.2 Å². The van der Waals surface area contributed by atoms with Gasteiger partial charge in [0.05, 0.1) is 6.61 Å². The molecule has 1 unspecified atom stereocenters. The molecule has 1 atom stereocenters. The fourth-order valence-corrected chi connectivity index (χ4v) is 9.33. The Morgan fingerprint density at radius 3 is 0.682 bits per heavy atom. The van der Waals surface area contributed by atoms with Crippen molar-refractivity contribution in [2.24, 2.45) is 0 Å². The summed E-state index contributed by atoms with van der Waals surface area (Å²) in [6, 6.07) is 0. The molecule has 0 heterocycles. The van der Waals surface area contributed by atoms with Gasteiger partial charge in [-0.05, 0) is 148 Å². The van der Waals surface area contributed by atoms with Crippen LogP contribution in [0, 0.1) is 0 Å². The molecule has 0 saturated heterocycles. The van der Waals surface area contributed by atoms with Crippen molar-refractivity contribution in [1.82, 2.24) is 0 Å². The number of hydrogen-bond donors (Lipinski definition) is 1. The van der Waals surface area contributed by atoms with Gasteiger partial charge in [-0.1, -0.05) is 330 Å². The number of rotatable bonds is 63. The molecule has 0 aromatic rings. The molecule has 0 aromatic carbocycles. The second-order valence-electron chi connectivity index (χ2n) is 22.8. The van der Waals surface area contributed by atoms with Crippen LogP contribution in [0.25, 0.3) is 0 Å². The Morgan fingerprint density at radius 2 is 0.455 bits per heavy atom. The molecule has 0 aliphatic rings. The van der Waals surface area contributed by atoms with Gasteiger partial charge in [0, 0.05) is 12.8 Å². The van der Waals surface area contributed by atoms with Crippen LogP contribution >= 0.6 is 0 Å². The van der Waals surface area contributed by atoms with E-state index in [0.29, 0.717) is 12.8 Å². The van der Waals surface area contributed by atoms with E-state index < -0.39 is 6.10 Å². The van der Waals surface area contributed by atoms with E-state index in [0.717, 1.165) is 161 Å². The number of unbranched alkanes of at least 4 members (excludes halogenated alkanes) is 21. The summed E-state index contributed by atoms with van der Waals surface area (Å²) < 4.78 is 10.7. The van der Waals surface area contributed by atoms with E-state index in [1.165, 1.54) is 96.3 Å². The second-order valence-corrected chi connectivity index (χ2v) is 22.8. The van der Waals surface area contributed by atoms with Crippen LogP contribution in [0.2, 0.25) is 0 Å². The predicted molar refractivity (Wildman–Crippen MR) is 389 cm³/mol. The Morgan fingerprint density at radius 1 is 0.261 bits per heavy atom. The molecule has 0 radical (unpaired) electrons. The van der Waals surface area contributed by atoms with Crippen molar-refractivity contribution in [2.45, 2.75) is 290 Å². The van der Waals surface area contributed by atoms with Crippen molar-refractivity contribution in [1.29, 1.82) is 0 Å². The second kappa shape index (κ2) is 75.7. The van der Waals surface area contributed by atoms with Crippen molar-refractivity contribution in [2.75, 3.05) is 13.2 Å². The van der Waals surface area contributed by atoms with E-state index in [1.54, 1.807) is 0 Å². The highest BCUT2D eigenvalue weighted by molar-refractivity contribution is 5.70. The largest absolute Gasteiger partial charge is 0.462 e. The molecule has 0 aromatic heterocycles. The molecule has 0 saturated carbocycles. The number of carbonyl (C=O) groups excluding carboxylic acids is 2. The van der Waals surface area contributed by atoms with Crippen LogP contribution in [0.5, 0.6) is 0 Å². The lowest BCUT2D eigenvalue weighted by Gasteiger charge is -2.15. The fraction of sp³-hybridized carbons (Fsp3) is 0.566. The van der Waals surface area contributed by atoms with E-state index in [9.17, 15) is 14.7 Å². The fourth-order valence-electron chi connectivity index (χ4n) is 9.33. The lowest BCUT2D eigenvalue weighted by atomic mass is 10.0. The molecule has 0 bridgehead atoms. The molecule has 0 fully saturated rings. The Hall–Kier alpha value is -5.52. The number of aliphatic hydroxyl groups excluding tert-OH is 1. The number of allylic oxidation sites excluding steroid dienone is 34. The van der Waals surface area contributed by atoms with Gasteiger partial charge in [0.15, 0.2) is 6.10 Å². The average molecular weight is 1210 g/mol. The quantitative estimate of drug-likeness (QED) is 0.0373. The minimum atomic E-state index is -0.797. The van der Waals surface area contributed by atoms with Crippen molar-refractivity contribution in [3.63, 3.8) is 0 Å². The molecule has 0 rings (SSSR count). The molecular formula is C83H130O5. The van der Waals surface area contributed by atoms with E-state index in [-0.39, 0.29) is 25.2 Å². The number of aliphatic hydroxyl groups is 1. The summed E-state index contributed by atoms with van der Waals surface area (Å²) in [7, 11) is 0. The van der Waals surface area contributed by atoms with Gasteiger partial charge in [0.25, 0.3) is 0 Å². The highest BCUT2D eigenvalue weighted by Gasteiger charge is 2.16.